The summed E-state index contributed by atoms with van der Waals surface area (Å²) in [7, 11) is 0. The van der Waals surface area contributed by atoms with Crippen molar-refractivity contribution in [2.24, 2.45) is 0 Å². The molecule has 0 amide bonds. The lowest BCUT2D eigenvalue weighted by molar-refractivity contribution is 0.177. The second-order valence-electron chi connectivity index (χ2n) is 5.91. The number of piperidine rings is 1. The Morgan fingerprint density at radius 3 is 2.85 bits per heavy atom. The predicted molar refractivity (Wildman–Crippen MR) is 90.3 cm³/mol. The summed E-state index contributed by atoms with van der Waals surface area (Å²) >= 11 is 9.75. The summed E-state index contributed by atoms with van der Waals surface area (Å²) in [5.74, 6) is 0. The van der Waals surface area contributed by atoms with Gasteiger partial charge in [0, 0.05) is 34.7 Å². The first kappa shape index (κ1) is 16.3. The molecule has 112 valence electrons. The third-order valence-corrected chi connectivity index (χ3v) is 4.99. The van der Waals surface area contributed by atoms with Crippen molar-refractivity contribution in [3.05, 3.63) is 33.3 Å². The van der Waals surface area contributed by atoms with Crippen molar-refractivity contribution in [2.45, 2.75) is 51.7 Å². The average molecular weight is 360 g/mol. The molecule has 1 heterocycles. The smallest absolute Gasteiger partial charge is 0.0410 e. The number of rotatable bonds is 5. The fourth-order valence-corrected chi connectivity index (χ4v) is 3.27. The first-order valence-corrected chi connectivity index (χ1v) is 8.64. The van der Waals surface area contributed by atoms with E-state index in [4.69, 9.17) is 11.6 Å². The third kappa shape index (κ3) is 4.73. The highest BCUT2D eigenvalue weighted by molar-refractivity contribution is 9.10. The van der Waals surface area contributed by atoms with Crippen molar-refractivity contribution >= 4 is 27.5 Å². The van der Waals surface area contributed by atoms with E-state index in [9.17, 15) is 0 Å². The van der Waals surface area contributed by atoms with Crippen LogP contribution < -0.4 is 5.32 Å². The Bertz CT molecular complexity index is 430. The van der Waals surface area contributed by atoms with E-state index >= 15 is 0 Å². The van der Waals surface area contributed by atoms with Crippen LogP contribution in [0.3, 0.4) is 0 Å². The number of hydrogen-bond donors (Lipinski definition) is 1. The summed E-state index contributed by atoms with van der Waals surface area (Å²) in [5.41, 5.74) is 1.27. The molecule has 1 aromatic rings. The van der Waals surface area contributed by atoms with Gasteiger partial charge in [0.05, 0.1) is 0 Å². The van der Waals surface area contributed by atoms with Crippen LogP contribution in [0.4, 0.5) is 0 Å². The van der Waals surface area contributed by atoms with Gasteiger partial charge in [-0.15, -0.1) is 0 Å². The summed E-state index contributed by atoms with van der Waals surface area (Å²) in [5, 5.41) is 4.44. The van der Waals surface area contributed by atoms with Crippen LogP contribution in [0.2, 0.25) is 5.02 Å². The molecule has 0 spiro atoms. The van der Waals surface area contributed by atoms with Gasteiger partial charge < -0.3 is 5.32 Å². The van der Waals surface area contributed by atoms with Crippen molar-refractivity contribution in [2.75, 3.05) is 13.1 Å². The molecule has 1 unspecified atom stereocenters. The van der Waals surface area contributed by atoms with Crippen molar-refractivity contribution in [1.82, 2.24) is 10.2 Å². The summed E-state index contributed by atoms with van der Waals surface area (Å²) in [6.45, 7) is 7.74. The number of benzene rings is 1. The Hall–Kier alpha value is -0.0900. The second kappa shape index (κ2) is 7.79. The van der Waals surface area contributed by atoms with Crippen molar-refractivity contribution in [3.8, 4) is 0 Å². The summed E-state index contributed by atoms with van der Waals surface area (Å²) in [6.07, 6.45) is 3.96. The molecule has 0 aromatic heterocycles. The molecule has 0 radical (unpaired) electrons. The highest BCUT2D eigenvalue weighted by Crippen LogP contribution is 2.23. The summed E-state index contributed by atoms with van der Waals surface area (Å²) in [6, 6.07) is 7.19. The topological polar surface area (TPSA) is 15.3 Å². The molecule has 1 aliphatic heterocycles. The standard InChI is InChI=1S/C16H24BrClN2/c1-12(2)20(11-15-5-3-4-8-19-15)10-13-9-14(18)6-7-16(13)17/h6-7,9,12,15,19H,3-5,8,10-11H2,1-2H3. The molecular weight excluding hydrogens is 336 g/mol. The molecule has 4 heteroatoms. The SMILES string of the molecule is CC(C)N(Cc1cc(Cl)ccc1Br)CC1CCCCN1. The lowest BCUT2D eigenvalue weighted by atomic mass is 10.0. The molecule has 1 N–H and O–H groups in total. The van der Waals surface area contributed by atoms with Crippen molar-refractivity contribution in [3.63, 3.8) is 0 Å². The monoisotopic (exact) mass is 358 g/mol. The lowest BCUT2D eigenvalue weighted by Gasteiger charge is -2.33. The molecular formula is C16H24BrClN2. The van der Waals surface area contributed by atoms with Gasteiger partial charge in [-0.25, -0.2) is 0 Å². The molecule has 1 saturated heterocycles. The van der Waals surface area contributed by atoms with E-state index in [-0.39, 0.29) is 0 Å². The minimum absolute atomic E-state index is 0.532. The van der Waals surface area contributed by atoms with Crippen LogP contribution in [0.15, 0.2) is 22.7 Å². The van der Waals surface area contributed by atoms with Gasteiger partial charge >= 0.3 is 0 Å². The fraction of sp³-hybridized carbons (Fsp3) is 0.625. The van der Waals surface area contributed by atoms with Gasteiger partial charge in [0.15, 0.2) is 0 Å². The van der Waals surface area contributed by atoms with E-state index in [0.717, 1.165) is 29.1 Å². The zero-order valence-electron chi connectivity index (χ0n) is 12.3. The average Bonchev–Trinajstić information content (AvgIpc) is 2.43. The van der Waals surface area contributed by atoms with E-state index in [1.165, 1.54) is 24.8 Å². The largest absolute Gasteiger partial charge is 0.313 e. The van der Waals surface area contributed by atoms with Crippen LogP contribution in [0.5, 0.6) is 0 Å². The molecule has 1 aromatic carbocycles. The van der Waals surface area contributed by atoms with Gasteiger partial charge in [-0.05, 0) is 57.0 Å². The summed E-state index contributed by atoms with van der Waals surface area (Å²) in [4.78, 5) is 2.53. The van der Waals surface area contributed by atoms with E-state index in [2.05, 4.69) is 46.1 Å². The first-order valence-electron chi connectivity index (χ1n) is 7.47. The highest BCUT2D eigenvalue weighted by atomic mass is 79.9. The third-order valence-electron chi connectivity index (χ3n) is 3.98. The van der Waals surface area contributed by atoms with Crippen LogP contribution in [-0.2, 0) is 6.54 Å². The molecule has 1 fully saturated rings. The Morgan fingerprint density at radius 2 is 2.20 bits per heavy atom. The zero-order valence-corrected chi connectivity index (χ0v) is 14.7. The van der Waals surface area contributed by atoms with Crippen LogP contribution in [0, 0.1) is 0 Å². The Labute approximate surface area is 136 Å². The highest BCUT2D eigenvalue weighted by Gasteiger charge is 2.19. The molecule has 0 aliphatic carbocycles. The van der Waals surface area contributed by atoms with Gasteiger partial charge in [0.25, 0.3) is 0 Å². The van der Waals surface area contributed by atoms with Gasteiger partial charge in [-0.2, -0.15) is 0 Å². The maximum absolute atomic E-state index is 6.12. The molecule has 0 saturated carbocycles. The van der Waals surface area contributed by atoms with Gasteiger partial charge in [-0.3, -0.25) is 4.90 Å². The summed E-state index contributed by atoms with van der Waals surface area (Å²) < 4.78 is 1.14. The van der Waals surface area contributed by atoms with E-state index in [0.29, 0.717) is 12.1 Å². The van der Waals surface area contributed by atoms with Gasteiger partial charge in [0.2, 0.25) is 0 Å². The second-order valence-corrected chi connectivity index (χ2v) is 7.20. The van der Waals surface area contributed by atoms with Crippen LogP contribution in [-0.4, -0.2) is 30.1 Å². The van der Waals surface area contributed by atoms with Gasteiger partial charge in [0.1, 0.15) is 0 Å². The number of nitrogens with zero attached hydrogens (tertiary/aromatic N) is 1. The minimum atomic E-state index is 0.532. The van der Waals surface area contributed by atoms with Gasteiger partial charge in [-0.1, -0.05) is 34.0 Å². The molecule has 2 nitrogen and oxygen atoms in total. The normalized spacial score (nSPS) is 19.8. The Morgan fingerprint density at radius 1 is 1.40 bits per heavy atom. The molecule has 0 bridgehead atoms. The van der Waals surface area contributed by atoms with Crippen LogP contribution in [0.1, 0.15) is 38.7 Å². The molecule has 1 atom stereocenters. The van der Waals surface area contributed by atoms with Crippen LogP contribution in [0.25, 0.3) is 0 Å². The van der Waals surface area contributed by atoms with E-state index in [1.807, 2.05) is 12.1 Å². The number of hydrogen-bond acceptors (Lipinski definition) is 2. The molecule has 2 rings (SSSR count). The fourth-order valence-electron chi connectivity index (χ4n) is 2.70. The van der Waals surface area contributed by atoms with Crippen LogP contribution >= 0.6 is 27.5 Å². The maximum Gasteiger partial charge on any atom is 0.0410 e. The van der Waals surface area contributed by atoms with Crippen molar-refractivity contribution < 1.29 is 0 Å². The lowest BCUT2D eigenvalue weighted by Crippen LogP contribution is -2.45. The zero-order chi connectivity index (χ0) is 14.5. The molecule has 1 aliphatic rings. The predicted octanol–water partition coefficient (Wildman–Crippen LogP) is 4.46. The Balaban J connectivity index is 2.02. The molecule has 20 heavy (non-hydrogen) atoms. The van der Waals surface area contributed by atoms with E-state index < -0.39 is 0 Å². The maximum atomic E-state index is 6.12. The Kier molecular flexibility index (Phi) is 6.34. The number of nitrogens with one attached hydrogen (secondary N) is 1. The quantitative estimate of drug-likeness (QED) is 0.835. The minimum Gasteiger partial charge on any atom is -0.313 e. The first-order chi connectivity index (χ1) is 9.56. The number of halogens is 2. The van der Waals surface area contributed by atoms with Crippen molar-refractivity contribution in [1.29, 1.82) is 0 Å². The van der Waals surface area contributed by atoms with E-state index in [1.54, 1.807) is 0 Å².